The van der Waals surface area contributed by atoms with Crippen LogP contribution in [-0.4, -0.2) is 4.98 Å². The fraction of sp³-hybridized carbons (Fsp3) is 0.176. The predicted octanol–water partition coefficient (Wildman–Crippen LogP) is 3.83. The van der Waals surface area contributed by atoms with Gasteiger partial charge in [0.25, 0.3) is 0 Å². The van der Waals surface area contributed by atoms with Crippen LogP contribution in [0.5, 0.6) is 0 Å². The number of rotatable bonds is 2. The Morgan fingerprint density at radius 2 is 1.63 bits per heavy atom. The summed E-state index contributed by atoms with van der Waals surface area (Å²) >= 11 is 0. The average Bonchev–Trinajstić information content (AvgIpc) is 2.74. The largest absolute Gasteiger partial charge is 0.358 e. The molecule has 3 rings (SSSR count). The van der Waals surface area contributed by atoms with Gasteiger partial charge in [0.2, 0.25) is 0 Å². The smallest absolute Gasteiger partial charge is 0.0575 e. The number of aromatic amines is 1. The lowest BCUT2D eigenvalue weighted by molar-refractivity contribution is 0.868. The molecule has 1 atom stereocenters. The lowest BCUT2D eigenvalue weighted by Crippen LogP contribution is -2.12. The van der Waals surface area contributed by atoms with Gasteiger partial charge in [-0.3, -0.25) is 0 Å². The summed E-state index contributed by atoms with van der Waals surface area (Å²) in [5.74, 6) is 0. The summed E-state index contributed by atoms with van der Waals surface area (Å²) in [6.45, 7) is 4.18. The molecule has 0 amide bonds. The van der Waals surface area contributed by atoms with E-state index in [-0.39, 0.29) is 6.04 Å². The van der Waals surface area contributed by atoms with E-state index in [4.69, 9.17) is 5.73 Å². The number of H-pyrrole nitrogens is 1. The highest BCUT2D eigenvalue weighted by atomic mass is 14.7. The Morgan fingerprint density at radius 1 is 0.947 bits per heavy atom. The molecule has 0 saturated carbocycles. The third-order valence-electron chi connectivity index (χ3n) is 3.69. The van der Waals surface area contributed by atoms with Crippen molar-refractivity contribution in [2.75, 3.05) is 0 Å². The molecule has 1 unspecified atom stereocenters. The first-order valence-electron chi connectivity index (χ1n) is 6.56. The Bertz CT molecular complexity index is 708. The molecule has 2 nitrogen and oxygen atoms in total. The van der Waals surface area contributed by atoms with Crippen LogP contribution in [0.25, 0.3) is 10.9 Å². The van der Waals surface area contributed by atoms with E-state index in [1.54, 1.807) is 0 Å². The summed E-state index contributed by atoms with van der Waals surface area (Å²) < 4.78 is 0. The molecule has 1 aromatic heterocycles. The van der Waals surface area contributed by atoms with Crippen molar-refractivity contribution in [3.8, 4) is 0 Å². The molecule has 2 heteroatoms. The number of nitrogens with one attached hydrogen (secondary N) is 1. The number of fused-ring (bicyclic) bond motifs is 1. The second-order valence-electron chi connectivity index (χ2n) is 5.10. The van der Waals surface area contributed by atoms with E-state index in [9.17, 15) is 0 Å². The fourth-order valence-electron chi connectivity index (χ4n) is 2.64. The highest BCUT2D eigenvalue weighted by molar-refractivity contribution is 5.85. The number of aryl methyl sites for hydroxylation is 2. The number of hydrogen-bond donors (Lipinski definition) is 2. The first-order valence-corrected chi connectivity index (χ1v) is 6.56. The normalized spacial score (nSPS) is 12.8. The van der Waals surface area contributed by atoms with E-state index in [1.807, 2.05) is 6.07 Å². The molecular weight excluding hydrogens is 232 g/mol. The van der Waals surface area contributed by atoms with Gasteiger partial charge in [0.1, 0.15) is 0 Å². The topological polar surface area (TPSA) is 41.8 Å². The predicted molar refractivity (Wildman–Crippen MR) is 80.2 cm³/mol. The molecule has 0 aliphatic carbocycles. The number of benzene rings is 2. The third-order valence-corrected chi connectivity index (χ3v) is 3.69. The van der Waals surface area contributed by atoms with Gasteiger partial charge in [0.15, 0.2) is 0 Å². The van der Waals surface area contributed by atoms with Crippen molar-refractivity contribution in [2.24, 2.45) is 5.73 Å². The van der Waals surface area contributed by atoms with Crippen molar-refractivity contribution in [1.82, 2.24) is 4.98 Å². The van der Waals surface area contributed by atoms with Crippen LogP contribution in [0.3, 0.4) is 0 Å². The standard InChI is InChI=1S/C17H18N2/c1-11-7-9-13(10-8-11)17(18)16-12(2)19-15-6-4-3-5-14(15)16/h3-10,17,19H,18H2,1-2H3. The van der Waals surface area contributed by atoms with Crippen molar-refractivity contribution >= 4 is 10.9 Å². The number of aromatic nitrogens is 1. The summed E-state index contributed by atoms with van der Waals surface area (Å²) in [5.41, 5.74) is 12.4. The summed E-state index contributed by atoms with van der Waals surface area (Å²) in [6, 6.07) is 16.7. The maximum absolute atomic E-state index is 6.46. The molecule has 0 saturated heterocycles. The first kappa shape index (κ1) is 12.0. The molecule has 0 radical (unpaired) electrons. The van der Waals surface area contributed by atoms with E-state index >= 15 is 0 Å². The summed E-state index contributed by atoms with van der Waals surface area (Å²) in [6.07, 6.45) is 0. The van der Waals surface area contributed by atoms with Crippen LogP contribution in [-0.2, 0) is 0 Å². The van der Waals surface area contributed by atoms with Crippen LogP contribution in [0, 0.1) is 13.8 Å². The zero-order valence-electron chi connectivity index (χ0n) is 11.3. The quantitative estimate of drug-likeness (QED) is 0.713. The van der Waals surface area contributed by atoms with Crippen molar-refractivity contribution in [3.05, 3.63) is 70.9 Å². The van der Waals surface area contributed by atoms with Gasteiger partial charge >= 0.3 is 0 Å². The monoisotopic (exact) mass is 250 g/mol. The van der Waals surface area contributed by atoms with Crippen LogP contribution in [0.2, 0.25) is 0 Å². The molecule has 0 spiro atoms. The molecule has 0 fully saturated rings. The van der Waals surface area contributed by atoms with Crippen LogP contribution in [0.1, 0.15) is 28.4 Å². The maximum atomic E-state index is 6.46. The zero-order chi connectivity index (χ0) is 13.4. The molecule has 3 aromatic rings. The Morgan fingerprint density at radius 3 is 2.37 bits per heavy atom. The molecule has 3 N–H and O–H groups in total. The Kier molecular flexibility index (Phi) is 2.88. The lowest BCUT2D eigenvalue weighted by atomic mass is 9.96. The Hall–Kier alpha value is -2.06. The van der Waals surface area contributed by atoms with E-state index < -0.39 is 0 Å². The molecule has 19 heavy (non-hydrogen) atoms. The Labute approximate surface area is 113 Å². The van der Waals surface area contributed by atoms with Crippen molar-refractivity contribution in [3.63, 3.8) is 0 Å². The van der Waals surface area contributed by atoms with Crippen molar-refractivity contribution < 1.29 is 0 Å². The van der Waals surface area contributed by atoms with Gasteiger partial charge in [0.05, 0.1) is 6.04 Å². The van der Waals surface area contributed by atoms with Crippen LogP contribution < -0.4 is 5.73 Å². The second-order valence-corrected chi connectivity index (χ2v) is 5.10. The van der Waals surface area contributed by atoms with E-state index in [2.05, 4.69) is 61.3 Å². The van der Waals surface area contributed by atoms with E-state index in [0.717, 1.165) is 16.8 Å². The van der Waals surface area contributed by atoms with E-state index in [1.165, 1.54) is 16.5 Å². The third kappa shape index (κ3) is 2.04. The van der Waals surface area contributed by atoms with Crippen LogP contribution >= 0.6 is 0 Å². The molecule has 2 aromatic carbocycles. The number of para-hydroxylation sites is 1. The maximum Gasteiger partial charge on any atom is 0.0575 e. The minimum atomic E-state index is -0.0863. The van der Waals surface area contributed by atoms with Gasteiger partial charge < -0.3 is 10.7 Å². The summed E-state index contributed by atoms with van der Waals surface area (Å²) in [7, 11) is 0. The average molecular weight is 250 g/mol. The zero-order valence-corrected chi connectivity index (χ0v) is 11.3. The number of hydrogen-bond acceptors (Lipinski definition) is 1. The molecule has 1 heterocycles. The minimum absolute atomic E-state index is 0.0863. The molecule has 0 aliphatic rings. The van der Waals surface area contributed by atoms with E-state index in [0.29, 0.717) is 0 Å². The highest BCUT2D eigenvalue weighted by Gasteiger charge is 2.16. The summed E-state index contributed by atoms with van der Waals surface area (Å²) in [4.78, 5) is 3.41. The molecular formula is C17H18N2. The van der Waals surface area contributed by atoms with Crippen molar-refractivity contribution in [2.45, 2.75) is 19.9 Å². The van der Waals surface area contributed by atoms with Gasteiger partial charge in [-0.1, -0.05) is 48.0 Å². The number of nitrogens with two attached hydrogens (primary N) is 1. The van der Waals surface area contributed by atoms with Crippen LogP contribution in [0.15, 0.2) is 48.5 Å². The second kappa shape index (κ2) is 4.56. The minimum Gasteiger partial charge on any atom is -0.358 e. The van der Waals surface area contributed by atoms with Gasteiger partial charge in [-0.25, -0.2) is 0 Å². The molecule has 0 bridgehead atoms. The van der Waals surface area contributed by atoms with Crippen LogP contribution in [0.4, 0.5) is 0 Å². The lowest BCUT2D eigenvalue weighted by Gasteiger charge is -2.13. The van der Waals surface area contributed by atoms with Gasteiger partial charge in [-0.2, -0.15) is 0 Å². The highest BCUT2D eigenvalue weighted by Crippen LogP contribution is 2.30. The Balaban J connectivity index is 2.13. The van der Waals surface area contributed by atoms with Crippen molar-refractivity contribution in [1.29, 1.82) is 0 Å². The summed E-state index contributed by atoms with van der Waals surface area (Å²) in [5, 5.41) is 1.22. The first-order chi connectivity index (χ1) is 9.16. The SMILES string of the molecule is Cc1ccc(C(N)c2c(C)[nH]c3ccccc23)cc1. The van der Waals surface area contributed by atoms with Gasteiger partial charge in [0, 0.05) is 22.2 Å². The molecule has 0 aliphatic heterocycles. The van der Waals surface area contributed by atoms with Gasteiger partial charge in [-0.15, -0.1) is 0 Å². The van der Waals surface area contributed by atoms with Gasteiger partial charge in [-0.05, 0) is 25.5 Å². The fourth-order valence-corrected chi connectivity index (χ4v) is 2.64. The molecule has 96 valence electrons.